The number of benzene rings is 1. The van der Waals surface area contributed by atoms with Crippen molar-refractivity contribution in [3.63, 3.8) is 0 Å². The van der Waals surface area contributed by atoms with Gasteiger partial charge in [0.25, 0.3) is 0 Å². The quantitative estimate of drug-likeness (QED) is 0.798. The molecule has 20 heavy (non-hydrogen) atoms. The monoisotopic (exact) mass is 272 g/mol. The fraction of sp³-hybridized carbons (Fsp3) is 0.214. The molecule has 0 fully saturated rings. The lowest BCUT2D eigenvalue weighted by Crippen LogP contribution is -2.32. The van der Waals surface area contributed by atoms with Crippen molar-refractivity contribution in [2.75, 3.05) is 11.4 Å². The molecule has 0 spiro atoms. The molecule has 3 rings (SSSR count). The predicted octanol–water partition coefficient (Wildman–Crippen LogP) is 2.19. The first-order valence-corrected chi connectivity index (χ1v) is 6.13. The minimum absolute atomic E-state index is 0.225. The molecule has 0 N–H and O–H groups in total. The van der Waals surface area contributed by atoms with E-state index >= 15 is 0 Å². The highest BCUT2D eigenvalue weighted by molar-refractivity contribution is 5.45. The molecule has 1 aromatic carbocycles. The highest BCUT2D eigenvalue weighted by Crippen LogP contribution is 2.26. The molecule has 6 heteroatoms. The normalized spacial score (nSPS) is 13.8. The average Bonchev–Trinajstić information content (AvgIpc) is 2.51. The first-order valence-electron chi connectivity index (χ1n) is 6.13. The van der Waals surface area contributed by atoms with E-state index < -0.39 is 5.82 Å². The van der Waals surface area contributed by atoms with Crippen molar-refractivity contribution in [3.05, 3.63) is 52.7 Å². The third-order valence-corrected chi connectivity index (χ3v) is 3.39. The Labute approximate surface area is 114 Å². The van der Waals surface area contributed by atoms with Crippen LogP contribution in [0.25, 0.3) is 0 Å². The van der Waals surface area contributed by atoms with Crippen molar-refractivity contribution >= 4 is 5.82 Å². The van der Waals surface area contributed by atoms with Crippen LogP contribution in [0, 0.1) is 23.0 Å². The average molecular weight is 272 g/mol. The molecule has 1 aliphatic heterocycles. The topological polar surface area (TPSA) is 52.8 Å². The second kappa shape index (κ2) is 4.85. The third kappa shape index (κ3) is 2.07. The van der Waals surface area contributed by atoms with E-state index in [2.05, 4.69) is 10.2 Å². The second-order valence-corrected chi connectivity index (χ2v) is 4.55. The fourth-order valence-corrected chi connectivity index (χ4v) is 2.34. The number of halogens is 2. The van der Waals surface area contributed by atoms with E-state index in [0.717, 1.165) is 12.1 Å². The molecule has 0 aliphatic carbocycles. The highest BCUT2D eigenvalue weighted by atomic mass is 19.1. The largest absolute Gasteiger partial charge is 0.350 e. The summed E-state index contributed by atoms with van der Waals surface area (Å²) >= 11 is 0. The molecule has 0 bridgehead atoms. The van der Waals surface area contributed by atoms with Gasteiger partial charge in [-0.2, -0.15) is 5.26 Å². The fourth-order valence-electron chi connectivity index (χ4n) is 2.34. The number of anilines is 1. The van der Waals surface area contributed by atoms with E-state index in [0.29, 0.717) is 29.9 Å². The number of aromatic nitrogens is 2. The van der Waals surface area contributed by atoms with E-state index in [1.807, 2.05) is 11.0 Å². The molecule has 0 amide bonds. The summed E-state index contributed by atoms with van der Waals surface area (Å²) in [6.07, 6.45) is 0.417. The zero-order valence-electron chi connectivity index (χ0n) is 10.5. The van der Waals surface area contributed by atoms with Gasteiger partial charge < -0.3 is 4.90 Å². The van der Waals surface area contributed by atoms with E-state index in [1.54, 1.807) is 12.1 Å². The Morgan fingerprint density at radius 1 is 1.05 bits per heavy atom. The minimum Gasteiger partial charge on any atom is -0.350 e. The van der Waals surface area contributed by atoms with Crippen LogP contribution in [-0.2, 0) is 13.0 Å². The number of nitriles is 1. The van der Waals surface area contributed by atoms with Gasteiger partial charge in [0.05, 0.1) is 0 Å². The van der Waals surface area contributed by atoms with Gasteiger partial charge in [-0.25, -0.2) is 8.78 Å². The molecule has 0 unspecified atom stereocenters. The molecule has 100 valence electrons. The number of hydrogen-bond donors (Lipinski definition) is 0. The van der Waals surface area contributed by atoms with Crippen LogP contribution in [0.5, 0.6) is 0 Å². The van der Waals surface area contributed by atoms with Gasteiger partial charge in [0, 0.05) is 18.7 Å². The number of rotatable bonds is 1. The van der Waals surface area contributed by atoms with Crippen molar-refractivity contribution in [2.24, 2.45) is 0 Å². The molecular weight excluding hydrogens is 262 g/mol. The summed E-state index contributed by atoms with van der Waals surface area (Å²) in [5, 5.41) is 16.4. The lowest BCUT2D eigenvalue weighted by molar-refractivity contribution is 0.548. The van der Waals surface area contributed by atoms with Gasteiger partial charge >= 0.3 is 0 Å². The van der Waals surface area contributed by atoms with Gasteiger partial charge in [0.2, 0.25) is 0 Å². The molecule has 2 aromatic rings. The Morgan fingerprint density at radius 2 is 1.80 bits per heavy atom. The molecule has 0 saturated heterocycles. The van der Waals surface area contributed by atoms with Gasteiger partial charge in [-0.05, 0) is 36.2 Å². The van der Waals surface area contributed by atoms with Crippen LogP contribution < -0.4 is 4.90 Å². The minimum atomic E-state index is -0.410. The summed E-state index contributed by atoms with van der Waals surface area (Å²) in [6.45, 7) is 0.785. The summed E-state index contributed by atoms with van der Waals surface area (Å²) in [4.78, 5) is 1.82. The van der Waals surface area contributed by atoms with Gasteiger partial charge in [0.15, 0.2) is 11.5 Å². The maximum absolute atomic E-state index is 13.8. The van der Waals surface area contributed by atoms with Crippen molar-refractivity contribution < 1.29 is 8.78 Å². The molecule has 2 heterocycles. The zero-order chi connectivity index (χ0) is 14.1. The lowest BCUT2D eigenvalue weighted by atomic mass is 9.98. The molecule has 0 radical (unpaired) electrons. The molecule has 1 aliphatic rings. The first kappa shape index (κ1) is 12.5. The Bertz CT molecular complexity index is 692. The highest BCUT2D eigenvalue weighted by Gasteiger charge is 2.23. The van der Waals surface area contributed by atoms with Gasteiger partial charge in [0.1, 0.15) is 17.7 Å². The maximum Gasteiger partial charge on any atom is 0.163 e. The molecule has 0 saturated carbocycles. The van der Waals surface area contributed by atoms with E-state index in [1.165, 1.54) is 0 Å². The summed E-state index contributed by atoms with van der Waals surface area (Å²) in [6, 6.07) is 7.40. The Balaban J connectivity index is 1.92. The van der Waals surface area contributed by atoms with Crippen molar-refractivity contribution in [1.29, 1.82) is 5.26 Å². The number of hydrogen-bond acceptors (Lipinski definition) is 4. The summed E-state index contributed by atoms with van der Waals surface area (Å²) in [5.74, 6) is -0.224. The van der Waals surface area contributed by atoms with E-state index in [-0.39, 0.29) is 18.1 Å². The first-order chi connectivity index (χ1) is 9.69. The van der Waals surface area contributed by atoms with Gasteiger partial charge in [-0.1, -0.05) is 0 Å². The Hall–Kier alpha value is -2.55. The third-order valence-electron chi connectivity index (χ3n) is 3.39. The Kier molecular flexibility index (Phi) is 3.03. The van der Waals surface area contributed by atoms with Crippen LogP contribution >= 0.6 is 0 Å². The van der Waals surface area contributed by atoms with Crippen molar-refractivity contribution in [1.82, 2.24) is 10.2 Å². The van der Waals surface area contributed by atoms with Gasteiger partial charge in [-0.15, -0.1) is 10.2 Å². The van der Waals surface area contributed by atoms with Crippen LogP contribution in [0.15, 0.2) is 24.3 Å². The number of nitrogens with zero attached hydrogens (tertiary/aromatic N) is 4. The smallest absolute Gasteiger partial charge is 0.163 e. The summed E-state index contributed by atoms with van der Waals surface area (Å²) in [7, 11) is 0. The summed E-state index contributed by atoms with van der Waals surface area (Å²) < 4.78 is 27.4. The molecular formula is C14H10F2N4. The van der Waals surface area contributed by atoms with Crippen molar-refractivity contribution in [3.8, 4) is 6.07 Å². The van der Waals surface area contributed by atoms with Crippen LogP contribution in [-0.4, -0.2) is 16.7 Å². The van der Waals surface area contributed by atoms with Crippen LogP contribution in [0.4, 0.5) is 14.6 Å². The predicted molar refractivity (Wildman–Crippen MR) is 67.9 cm³/mol. The van der Waals surface area contributed by atoms with Gasteiger partial charge in [-0.3, -0.25) is 0 Å². The lowest BCUT2D eigenvalue weighted by Gasteiger charge is -2.29. The zero-order valence-corrected chi connectivity index (χ0v) is 10.5. The standard InChI is InChI=1S/C14H10F2N4/c15-12-2-3-13(16)11-8-20(6-5-10(11)12)14-4-1-9(7-17)18-19-14/h1-4H,5-6,8H2. The molecule has 0 atom stereocenters. The maximum atomic E-state index is 13.8. The molecule has 4 nitrogen and oxygen atoms in total. The van der Waals surface area contributed by atoms with Crippen LogP contribution in [0.2, 0.25) is 0 Å². The van der Waals surface area contributed by atoms with Crippen LogP contribution in [0.3, 0.4) is 0 Å². The summed E-state index contributed by atoms with van der Waals surface area (Å²) in [5.41, 5.74) is 1.02. The van der Waals surface area contributed by atoms with E-state index in [9.17, 15) is 8.78 Å². The van der Waals surface area contributed by atoms with Crippen molar-refractivity contribution in [2.45, 2.75) is 13.0 Å². The van der Waals surface area contributed by atoms with E-state index in [4.69, 9.17) is 5.26 Å². The Morgan fingerprint density at radius 3 is 2.45 bits per heavy atom. The molecule has 1 aromatic heterocycles. The SMILES string of the molecule is N#Cc1ccc(N2CCc3c(F)ccc(F)c3C2)nn1. The van der Waals surface area contributed by atoms with Crippen LogP contribution in [0.1, 0.15) is 16.8 Å². The second-order valence-electron chi connectivity index (χ2n) is 4.55. The number of fused-ring (bicyclic) bond motifs is 1.